The Balaban J connectivity index is 1.86. The van der Waals surface area contributed by atoms with E-state index in [-0.39, 0.29) is 29.8 Å². The van der Waals surface area contributed by atoms with Crippen molar-refractivity contribution >= 4 is 11.6 Å². The van der Waals surface area contributed by atoms with Gasteiger partial charge in [0.25, 0.3) is 0 Å². The van der Waals surface area contributed by atoms with E-state index in [0.717, 1.165) is 5.57 Å². The van der Waals surface area contributed by atoms with E-state index in [1.807, 2.05) is 13.8 Å². The Labute approximate surface area is 159 Å². The van der Waals surface area contributed by atoms with Crippen molar-refractivity contribution in [1.82, 2.24) is 0 Å². The van der Waals surface area contributed by atoms with Gasteiger partial charge in [-0.1, -0.05) is 25.5 Å². The number of halogens is 1. The van der Waals surface area contributed by atoms with E-state index in [1.165, 1.54) is 19.1 Å². The zero-order valence-electron chi connectivity index (χ0n) is 16.5. The number of hydrogen-bond acceptors (Lipinski definition) is 4. The van der Waals surface area contributed by atoms with Crippen LogP contribution in [0.4, 0.5) is 4.39 Å². The van der Waals surface area contributed by atoms with Crippen molar-refractivity contribution in [3.63, 3.8) is 0 Å². The van der Waals surface area contributed by atoms with Gasteiger partial charge in [-0.25, -0.2) is 4.39 Å². The maximum Gasteiger partial charge on any atom is 0.178 e. The summed E-state index contributed by atoms with van der Waals surface area (Å²) in [6.45, 7) is 7.01. The van der Waals surface area contributed by atoms with E-state index in [0.29, 0.717) is 19.3 Å². The monoisotopic (exact) mass is 376 g/mol. The second-order valence-electron chi connectivity index (χ2n) is 9.75. The zero-order valence-corrected chi connectivity index (χ0v) is 16.5. The van der Waals surface area contributed by atoms with Crippen molar-refractivity contribution in [3.8, 4) is 0 Å². The Hall–Kier alpha value is -1.33. The minimum atomic E-state index is -1.92. The molecule has 3 unspecified atom stereocenters. The molecule has 0 amide bonds. The van der Waals surface area contributed by atoms with Crippen molar-refractivity contribution in [3.05, 3.63) is 23.8 Å². The summed E-state index contributed by atoms with van der Waals surface area (Å²) in [5, 5.41) is 22.3. The van der Waals surface area contributed by atoms with Gasteiger partial charge in [0.2, 0.25) is 0 Å². The summed E-state index contributed by atoms with van der Waals surface area (Å²) in [5.41, 5.74) is -4.59. The highest BCUT2D eigenvalue weighted by Gasteiger charge is 2.74. The average molecular weight is 376 g/mol. The second kappa shape index (κ2) is 5.38. The van der Waals surface area contributed by atoms with Crippen molar-refractivity contribution in [2.24, 2.45) is 28.6 Å². The summed E-state index contributed by atoms with van der Waals surface area (Å²) in [5.74, 6) is -1.11. The molecule has 0 aromatic heterocycles. The van der Waals surface area contributed by atoms with Gasteiger partial charge < -0.3 is 10.2 Å². The molecule has 148 valence electrons. The topological polar surface area (TPSA) is 74.6 Å². The fourth-order valence-electron chi connectivity index (χ4n) is 7.18. The second-order valence-corrected chi connectivity index (χ2v) is 9.75. The third-order valence-electron chi connectivity index (χ3n) is 8.70. The number of ketones is 2. The van der Waals surface area contributed by atoms with Gasteiger partial charge in [-0.2, -0.15) is 0 Å². The molecule has 4 aliphatic rings. The minimum Gasteiger partial charge on any atom is -0.390 e. The van der Waals surface area contributed by atoms with Gasteiger partial charge in [0.15, 0.2) is 17.2 Å². The number of aliphatic hydroxyl groups excluding tert-OH is 1. The number of hydrogen-bond donors (Lipinski definition) is 2. The van der Waals surface area contributed by atoms with E-state index in [4.69, 9.17) is 0 Å². The molecule has 0 saturated heterocycles. The molecular weight excluding hydrogens is 347 g/mol. The van der Waals surface area contributed by atoms with Crippen LogP contribution in [0.25, 0.3) is 0 Å². The normalized spacial score (nSPS) is 54.0. The summed E-state index contributed by atoms with van der Waals surface area (Å²) < 4.78 is 16.9. The van der Waals surface area contributed by atoms with E-state index in [9.17, 15) is 19.8 Å². The Morgan fingerprint density at radius 3 is 2.59 bits per heavy atom. The molecule has 0 radical (unpaired) electrons. The molecule has 0 bridgehead atoms. The summed E-state index contributed by atoms with van der Waals surface area (Å²) in [7, 11) is 0. The first-order chi connectivity index (χ1) is 12.4. The van der Waals surface area contributed by atoms with Crippen LogP contribution in [0.1, 0.15) is 53.4 Å². The molecule has 0 aliphatic heterocycles. The lowest BCUT2D eigenvalue weighted by molar-refractivity contribution is -0.219. The number of alkyl halides is 1. The van der Waals surface area contributed by atoms with E-state index in [2.05, 4.69) is 0 Å². The minimum absolute atomic E-state index is 0.00153. The summed E-state index contributed by atoms with van der Waals surface area (Å²) >= 11 is 0. The number of rotatable bonds is 1. The third kappa shape index (κ3) is 2.00. The molecule has 3 saturated carbocycles. The highest BCUT2D eigenvalue weighted by atomic mass is 19.1. The molecule has 8 atom stereocenters. The van der Waals surface area contributed by atoms with Crippen LogP contribution in [0.15, 0.2) is 23.8 Å². The zero-order chi connectivity index (χ0) is 20.0. The first-order valence-electron chi connectivity index (χ1n) is 9.97. The number of carbonyl (C=O) groups is 2. The number of carbonyl (C=O) groups excluding carboxylic acids is 2. The van der Waals surface area contributed by atoms with Crippen LogP contribution in [0.5, 0.6) is 0 Å². The predicted molar refractivity (Wildman–Crippen MR) is 98.5 cm³/mol. The smallest absolute Gasteiger partial charge is 0.178 e. The number of fused-ring (bicyclic) bond motifs is 5. The lowest BCUT2D eigenvalue weighted by Crippen LogP contribution is -2.69. The molecule has 4 nitrogen and oxygen atoms in total. The van der Waals surface area contributed by atoms with Crippen LogP contribution in [0.3, 0.4) is 0 Å². The Bertz CT molecular complexity index is 787. The number of aliphatic hydroxyl groups is 2. The molecular formula is C22H29FO4. The SMILES string of the molecule is CC(=O)[C@@]1(O)CCC2C3C[C@H](C)C4=CC(=O)C=C[C@]4(C)C3(F)[C@@H](O)C[C@@]21C. The van der Waals surface area contributed by atoms with Crippen molar-refractivity contribution in [1.29, 1.82) is 0 Å². The predicted octanol–water partition coefficient (Wildman–Crippen LogP) is 2.92. The Morgan fingerprint density at radius 2 is 1.96 bits per heavy atom. The molecule has 4 rings (SSSR count). The highest BCUT2D eigenvalue weighted by molar-refractivity contribution is 6.01. The summed E-state index contributed by atoms with van der Waals surface area (Å²) in [4.78, 5) is 24.2. The largest absolute Gasteiger partial charge is 0.390 e. The molecule has 27 heavy (non-hydrogen) atoms. The quantitative estimate of drug-likeness (QED) is 0.738. The van der Waals surface area contributed by atoms with Gasteiger partial charge >= 0.3 is 0 Å². The van der Waals surface area contributed by atoms with E-state index >= 15 is 4.39 Å². The van der Waals surface area contributed by atoms with Crippen LogP contribution in [0.2, 0.25) is 0 Å². The van der Waals surface area contributed by atoms with Crippen molar-refractivity contribution in [2.45, 2.75) is 70.8 Å². The molecule has 3 fully saturated rings. The highest BCUT2D eigenvalue weighted by Crippen LogP contribution is 2.70. The molecule has 0 aromatic rings. The van der Waals surface area contributed by atoms with Gasteiger partial charge in [-0.15, -0.1) is 0 Å². The number of Topliss-reactive ketones (excluding diaryl/α,β-unsaturated/α-hetero) is 1. The standard InChI is InChI=1S/C22H29FO4/c1-12-9-17-15-6-8-21(27,13(2)24)20(15,4)11-18(26)22(17,23)19(3)7-5-14(25)10-16(12)19/h5,7,10,12,15,17-18,26-27H,6,8-9,11H2,1-4H3/t12-,15?,17?,18-,19-,20-,21-,22?/m0/s1. The molecule has 5 heteroatoms. The summed E-state index contributed by atoms with van der Waals surface area (Å²) in [6.07, 6.45) is 4.68. The van der Waals surface area contributed by atoms with Crippen LogP contribution >= 0.6 is 0 Å². The first-order valence-corrected chi connectivity index (χ1v) is 9.97. The van der Waals surface area contributed by atoms with Crippen molar-refractivity contribution < 1.29 is 24.2 Å². The van der Waals surface area contributed by atoms with Gasteiger partial charge in [-0.3, -0.25) is 9.59 Å². The van der Waals surface area contributed by atoms with E-state index < -0.39 is 34.1 Å². The van der Waals surface area contributed by atoms with Gasteiger partial charge in [0.05, 0.1) is 6.10 Å². The Kier molecular flexibility index (Phi) is 3.79. The molecule has 4 aliphatic carbocycles. The van der Waals surface area contributed by atoms with Gasteiger partial charge in [0.1, 0.15) is 5.60 Å². The lowest BCUT2D eigenvalue weighted by atomic mass is 9.43. The van der Waals surface area contributed by atoms with Crippen LogP contribution in [0, 0.1) is 28.6 Å². The first kappa shape index (κ1) is 19.0. The number of allylic oxidation sites excluding steroid dienone is 4. The van der Waals surface area contributed by atoms with Crippen LogP contribution < -0.4 is 0 Å². The van der Waals surface area contributed by atoms with Crippen LogP contribution in [-0.4, -0.2) is 39.2 Å². The van der Waals surface area contributed by atoms with Crippen molar-refractivity contribution in [2.75, 3.05) is 0 Å². The molecule has 0 heterocycles. The maximum atomic E-state index is 16.9. The molecule has 0 aromatic carbocycles. The third-order valence-corrected chi connectivity index (χ3v) is 8.70. The Morgan fingerprint density at radius 1 is 1.30 bits per heavy atom. The molecule has 2 N–H and O–H groups in total. The fraction of sp³-hybridized carbons (Fsp3) is 0.727. The lowest BCUT2D eigenvalue weighted by Gasteiger charge is -2.63. The van der Waals surface area contributed by atoms with Gasteiger partial charge in [0, 0.05) is 16.7 Å². The fourth-order valence-corrected chi connectivity index (χ4v) is 7.18. The maximum absolute atomic E-state index is 16.9. The van der Waals surface area contributed by atoms with E-state index in [1.54, 1.807) is 13.0 Å². The van der Waals surface area contributed by atoms with Crippen LogP contribution in [-0.2, 0) is 9.59 Å². The average Bonchev–Trinajstić information content (AvgIpc) is 2.85. The van der Waals surface area contributed by atoms with Gasteiger partial charge in [-0.05, 0) is 63.5 Å². The summed E-state index contributed by atoms with van der Waals surface area (Å²) in [6, 6.07) is 0. The molecule has 0 spiro atoms.